The van der Waals surface area contributed by atoms with Crippen molar-refractivity contribution < 1.29 is 4.39 Å². The molecular weight excluding hydrogens is 215 g/mol. The van der Waals surface area contributed by atoms with Gasteiger partial charge in [-0.15, -0.1) is 0 Å². The van der Waals surface area contributed by atoms with Crippen LogP contribution < -0.4 is 10.6 Å². The molecule has 2 N–H and O–H groups in total. The van der Waals surface area contributed by atoms with Crippen LogP contribution in [0.4, 0.5) is 10.1 Å². The van der Waals surface area contributed by atoms with Crippen LogP contribution in [0.1, 0.15) is 26.2 Å². The lowest BCUT2D eigenvalue weighted by molar-refractivity contribution is 0.467. The van der Waals surface area contributed by atoms with Gasteiger partial charge in [0.2, 0.25) is 0 Å². The van der Waals surface area contributed by atoms with Crippen LogP contribution in [-0.4, -0.2) is 19.6 Å². The Bertz CT molecular complexity index is 374. The molecule has 1 fully saturated rings. The maximum atomic E-state index is 13.2. The maximum Gasteiger partial charge on any atom is 0.125 e. The molecular formula is C14H21FN2. The van der Waals surface area contributed by atoms with Gasteiger partial charge in [-0.1, -0.05) is 6.07 Å². The first-order valence-electron chi connectivity index (χ1n) is 6.40. The summed E-state index contributed by atoms with van der Waals surface area (Å²) in [4.78, 5) is 2.26. The third kappa shape index (κ3) is 2.97. The average molecular weight is 236 g/mol. The zero-order chi connectivity index (χ0) is 12.3. The minimum absolute atomic E-state index is 0.162. The Balaban J connectivity index is 2.06. The van der Waals surface area contributed by atoms with Gasteiger partial charge in [-0.25, -0.2) is 4.39 Å². The van der Waals surface area contributed by atoms with E-state index in [9.17, 15) is 4.39 Å². The molecule has 1 aromatic rings. The van der Waals surface area contributed by atoms with Gasteiger partial charge in [-0.05, 0) is 56.3 Å². The Morgan fingerprint density at radius 3 is 2.71 bits per heavy atom. The van der Waals surface area contributed by atoms with Crippen LogP contribution in [0.3, 0.4) is 0 Å². The highest BCUT2D eigenvalue weighted by Gasteiger charge is 2.42. The third-order valence-corrected chi connectivity index (χ3v) is 3.71. The van der Waals surface area contributed by atoms with Gasteiger partial charge in [0, 0.05) is 18.8 Å². The highest BCUT2D eigenvalue weighted by molar-refractivity contribution is 5.46. The van der Waals surface area contributed by atoms with Crippen molar-refractivity contribution in [1.82, 2.24) is 0 Å². The van der Waals surface area contributed by atoms with Crippen molar-refractivity contribution in [1.29, 1.82) is 0 Å². The van der Waals surface area contributed by atoms with Crippen molar-refractivity contribution in [2.75, 3.05) is 24.5 Å². The van der Waals surface area contributed by atoms with Crippen molar-refractivity contribution in [3.05, 3.63) is 30.1 Å². The molecule has 0 bridgehead atoms. The van der Waals surface area contributed by atoms with E-state index in [0.29, 0.717) is 5.41 Å². The molecule has 94 valence electrons. The lowest BCUT2D eigenvalue weighted by Gasteiger charge is -2.28. The van der Waals surface area contributed by atoms with Crippen LogP contribution in [0.5, 0.6) is 0 Å². The molecule has 1 aromatic carbocycles. The van der Waals surface area contributed by atoms with Crippen LogP contribution in [0.15, 0.2) is 24.3 Å². The second-order valence-electron chi connectivity index (χ2n) is 5.03. The van der Waals surface area contributed by atoms with Crippen molar-refractivity contribution in [2.45, 2.75) is 26.2 Å². The van der Waals surface area contributed by atoms with Gasteiger partial charge in [-0.3, -0.25) is 0 Å². The van der Waals surface area contributed by atoms with Crippen molar-refractivity contribution in [3.8, 4) is 0 Å². The molecule has 0 aromatic heterocycles. The largest absolute Gasteiger partial charge is 0.371 e. The molecule has 0 spiro atoms. The first-order chi connectivity index (χ1) is 8.19. The van der Waals surface area contributed by atoms with Crippen LogP contribution in [0.2, 0.25) is 0 Å². The smallest absolute Gasteiger partial charge is 0.125 e. The lowest BCUT2D eigenvalue weighted by atomic mass is 10.0. The molecule has 0 heterocycles. The summed E-state index contributed by atoms with van der Waals surface area (Å²) in [5, 5.41) is 0. The number of hydrogen-bond donors (Lipinski definition) is 1. The second kappa shape index (κ2) is 5.05. The van der Waals surface area contributed by atoms with Gasteiger partial charge >= 0.3 is 0 Å². The van der Waals surface area contributed by atoms with E-state index in [0.717, 1.165) is 31.7 Å². The molecule has 1 aliphatic carbocycles. The molecule has 0 unspecified atom stereocenters. The van der Waals surface area contributed by atoms with E-state index >= 15 is 0 Å². The van der Waals surface area contributed by atoms with Gasteiger partial charge < -0.3 is 10.6 Å². The molecule has 1 aliphatic rings. The zero-order valence-electron chi connectivity index (χ0n) is 10.5. The molecule has 2 nitrogen and oxygen atoms in total. The highest BCUT2D eigenvalue weighted by Crippen LogP contribution is 2.49. The Morgan fingerprint density at radius 2 is 2.18 bits per heavy atom. The zero-order valence-corrected chi connectivity index (χ0v) is 10.5. The molecule has 0 amide bonds. The minimum atomic E-state index is -0.162. The number of nitrogens with two attached hydrogens (primary N) is 1. The molecule has 1 saturated carbocycles. The van der Waals surface area contributed by atoms with E-state index in [-0.39, 0.29) is 5.82 Å². The van der Waals surface area contributed by atoms with Crippen LogP contribution >= 0.6 is 0 Å². The average Bonchev–Trinajstić information content (AvgIpc) is 3.07. The minimum Gasteiger partial charge on any atom is -0.371 e. The van der Waals surface area contributed by atoms with E-state index in [1.165, 1.54) is 18.9 Å². The first kappa shape index (κ1) is 12.4. The van der Waals surface area contributed by atoms with E-state index in [2.05, 4.69) is 11.8 Å². The van der Waals surface area contributed by atoms with Crippen molar-refractivity contribution in [3.63, 3.8) is 0 Å². The van der Waals surface area contributed by atoms with Gasteiger partial charge in [0.15, 0.2) is 0 Å². The Hall–Kier alpha value is -1.09. The van der Waals surface area contributed by atoms with E-state index in [4.69, 9.17) is 5.73 Å². The summed E-state index contributed by atoms with van der Waals surface area (Å²) in [5.41, 5.74) is 7.04. The number of nitrogens with zero attached hydrogens (tertiary/aromatic N) is 1. The van der Waals surface area contributed by atoms with Crippen molar-refractivity contribution >= 4 is 5.69 Å². The predicted octanol–water partition coefficient (Wildman–Crippen LogP) is 2.78. The molecule has 17 heavy (non-hydrogen) atoms. The summed E-state index contributed by atoms with van der Waals surface area (Å²) in [6.45, 7) is 4.78. The molecule has 0 radical (unpaired) electrons. The second-order valence-corrected chi connectivity index (χ2v) is 5.03. The van der Waals surface area contributed by atoms with Gasteiger partial charge in [0.05, 0.1) is 0 Å². The van der Waals surface area contributed by atoms with Crippen LogP contribution in [0.25, 0.3) is 0 Å². The van der Waals surface area contributed by atoms with Gasteiger partial charge in [0.1, 0.15) is 5.82 Å². The van der Waals surface area contributed by atoms with Crippen LogP contribution in [0, 0.1) is 11.2 Å². The molecule has 3 heteroatoms. The number of halogens is 1. The number of rotatable bonds is 6. The summed E-state index contributed by atoms with van der Waals surface area (Å²) in [5.74, 6) is -0.162. The third-order valence-electron chi connectivity index (χ3n) is 3.71. The molecule has 2 rings (SSSR count). The lowest BCUT2D eigenvalue weighted by Crippen LogP contribution is -2.31. The number of hydrogen-bond acceptors (Lipinski definition) is 2. The summed E-state index contributed by atoms with van der Waals surface area (Å²) in [6, 6.07) is 6.85. The predicted molar refractivity (Wildman–Crippen MR) is 69.6 cm³/mol. The quantitative estimate of drug-likeness (QED) is 0.823. The van der Waals surface area contributed by atoms with Crippen LogP contribution in [-0.2, 0) is 0 Å². The molecule has 0 aliphatic heterocycles. The van der Waals surface area contributed by atoms with E-state index < -0.39 is 0 Å². The maximum absolute atomic E-state index is 13.2. The fourth-order valence-electron chi connectivity index (χ4n) is 2.43. The van der Waals surface area contributed by atoms with E-state index in [1.807, 2.05) is 6.07 Å². The van der Waals surface area contributed by atoms with Gasteiger partial charge in [-0.2, -0.15) is 0 Å². The summed E-state index contributed by atoms with van der Waals surface area (Å²) >= 11 is 0. The highest BCUT2D eigenvalue weighted by atomic mass is 19.1. The number of benzene rings is 1. The fourth-order valence-corrected chi connectivity index (χ4v) is 2.43. The SMILES string of the molecule is CCN(CC1(CCN)CC1)c1cccc(F)c1. The fraction of sp³-hybridized carbons (Fsp3) is 0.571. The Labute approximate surface area is 103 Å². The first-order valence-corrected chi connectivity index (χ1v) is 6.40. The Morgan fingerprint density at radius 1 is 1.41 bits per heavy atom. The summed E-state index contributed by atoms with van der Waals surface area (Å²) < 4.78 is 13.2. The summed E-state index contributed by atoms with van der Waals surface area (Å²) in [6.07, 6.45) is 3.60. The molecule has 0 saturated heterocycles. The number of anilines is 1. The topological polar surface area (TPSA) is 29.3 Å². The summed E-state index contributed by atoms with van der Waals surface area (Å²) in [7, 11) is 0. The molecule has 0 atom stereocenters. The monoisotopic (exact) mass is 236 g/mol. The van der Waals surface area contributed by atoms with E-state index in [1.54, 1.807) is 12.1 Å². The Kier molecular flexibility index (Phi) is 3.67. The normalized spacial score (nSPS) is 16.9. The van der Waals surface area contributed by atoms with Crippen molar-refractivity contribution in [2.24, 2.45) is 11.1 Å². The standard InChI is InChI=1S/C14H21FN2/c1-2-17(11-14(6-7-14)8-9-16)13-5-3-4-12(15)10-13/h3-5,10H,2,6-9,11,16H2,1H3. The van der Waals surface area contributed by atoms with Gasteiger partial charge in [0.25, 0.3) is 0 Å².